The monoisotopic (exact) mass is 300 g/mol. The van der Waals surface area contributed by atoms with Crippen molar-refractivity contribution in [3.8, 4) is 0 Å². The molecule has 0 N–H and O–H groups in total. The molecule has 0 bridgehead atoms. The lowest BCUT2D eigenvalue weighted by atomic mass is 10.1. The van der Waals surface area contributed by atoms with Crippen LogP contribution in [0.2, 0.25) is 0 Å². The van der Waals surface area contributed by atoms with E-state index in [-0.39, 0.29) is 0 Å². The van der Waals surface area contributed by atoms with E-state index >= 15 is 0 Å². The van der Waals surface area contributed by atoms with Crippen molar-refractivity contribution in [3.05, 3.63) is 41.2 Å². The maximum absolute atomic E-state index is 5.71. The van der Waals surface area contributed by atoms with E-state index in [9.17, 15) is 0 Å². The van der Waals surface area contributed by atoms with Gasteiger partial charge in [0.1, 0.15) is 23.7 Å². The molecule has 1 aliphatic heterocycles. The summed E-state index contributed by atoms with van der Waals surface area (Å²) in [7, 11) is 2.09. The number of hydrogen-bond donors (Lipinski definition) is 0. The maximum Gasteiger partial charge on any atom is 0.135 e. The molecule has 3 heterocycles. The van der Waals surface area contributed by atoms with E-state index in [1.807, 2.05) is 13.0 Å². The van der Waals surface area contributed by atoms with E-state index in [2.05, 4.69) is 39.8 Å². The third kappa shape index (κ3) is 3.14. The Morgan fingerprint density at radius 3 is 2.77 bits per heavy atom. The highest BCUT2D eigenvalue weighted by molar-refractivity contribution is 5.48. The Kier molecular flexibility index (Phi) is 4.43. The minimum Gasteiger partial charge on any atom is -0.465 e. The lowest BCUT2D eigenvalue weighted by Gasteiger charge is -2.20. The van der Waals surface area contributed by atoms with Crippen molar-refractivity contribution in [3.63, 3.8) is 0 Å². The molecule has 0 atom stereocenters. The predicted molar refractivity (Wildman–Crippen MR) is 87.1 cm³/mol. The van der Waals surface area contributed by atoms with Crippen LogP contribution < -0.4 is 4.90 Å². The van der Waals surface area contributed by atoms with E-state index in [0.717, 1.165) is 56.4 Å². The maximum atomic E-state index is 5.71. The Morgan fingerprint density at radius 2 is 2.05 bits per heavy atom. The third-order valence-corrected chi connectivity index (χ3v) is 4.37. The number of fused-ring (bicyclic) bond motifs is 1. The Morgan fingerprint density at radius 1 is 1.23 bits per heavy atom. The van der Waals surface area contributed by atoms with Crippen LogP contribution >= 0.6 is 0 Å². The number of furan rings is 1. The Labute approximate surface area is 132 Å². The first-order valence-electron chi connectivity index (χ1n) is 7.99. The molecule has 0 saturated carbocycles. The van der Waals surface area contributed by atoms with Gasteiger partial charge in [-0.2, -0.15) is 0 Å². The quantitative estimate of drug-likeness (QED) is 0.868. The second-order valence-electron chi connectivity index (χ2n) is 5.93. The Hall–Kier alpha value is -1.88. The van der Waals surface area contributed by atoms with Crippen LogP contribution in [0.5, 0.6) is 0 Å². The third-order valence-electron chi connectivity index (χ3n) is 4.37. The highest BCUT2D eigenvalue weighted by Crippen LogP contribution is 2.23. The molecular weight excluding hydrogens is 276 g/mol. The SMILES string of the molecule is CCN(C)c1ncnc2c1CCN(Cc1ccc(C)o1)CC2. The summed E-state index contributed by atoms with van der Waals surface area (Å²) in [5.74, 6) is 3.11. The minimum atomic E-state index is 0.869. The second-order valence-corrected chi connectivity index (χ2v) is 5.93. The highest BCUT2D eigenvalue weighted by atomic mass is 16.3. The summed E-state index contributed by atoms with van der Waals surface area (Å²) in [5.41, 5.74) is 2.51. The minimum absolute atomic E-state index is 0.869. The van der Waals surface area contributed by atoms with E-state index in [0.29, 0.717) is 0 Å². The van der Waals surface area contributed by atoms with Crippen LogP contribution in [0.1, 0.15) is 29.7 Å². The molecule has 0 aliphatic carbocycles. The van der Waals surface area contributed by atoms with Crippen molar-refractivity contribution in [2.75, 3.05) is 31.6 Å². The molecule has 0 amide bonds. The molecule has 1 aliphatic rings. The molecule has 22 heavy (non-hydrogen) atoms. The predicted octanol–water partition coefficient (Wildman–Crippen LogP) is 2.43. The van der Waals surface area contributed by atoms with Gasteiger partial charge < -0.3 is 9.32 Å². The molecule has 3 rings (SSSR count). The van der Waals surface area contributed by atoms with E-state index < -0.39 is 0 Å². The summed E-state index contributed by atoms with van der Waals surface area (Å²) < 4.78 is 5.71. The molecule has 0 aromatic carbocycles. The van der Waals surface area contributed by atoms with Gasteiger partial charge in [-0.05, 0) is 32.4 Å². The van der Waals surface area contributed by atoms with Crippen molar-refractivity contribution in [1.29, 1.82) is 0 Å². The first-order valence-corrected chi connectivity index (χ1v) is 7.99. The molecule has 0 spiro atoms. The molecule has 0 saturated heterocycles. The topological polar surface area (TPSA) is 45.4 Å². The Bertz CT molecular complexity index is 637. The van der Waals surface area contributed by atoms with Crippen molar-refractivity contribution < 1.29 is 4.42 Å². The normalized spacial score (nSPS) is 15.4. The summed E-state index contributed by atoms with van der Waals surface area (Å²) >= 11 is 0. The molecule has 2 aromatic heterocycles. The zero-order valence-corrected chi connectivity index (χ0v) is 13.7. The average Bonchev–Trinajstić information content (AvgIpc) is 2.82. The summed E-state index contributed by atoms with van der Waals surface area (Å²) in [6.07, 6.45) is 3.67. The summed E-state index contributed by atoms with van der Waals surface area (Å²) in [6, 6.07) is 4.10. The summed E-state index contributed by atoms with van der Waals surface area (Å²) in [5, 5.41) is 0. The number of rotatable bonds is 4. The fraction of sp³-hybridized carbons (Fsp3) is 0.529. The van der Waals surface area contributed by atoms with Gasteiger partial charge in [-0.25, -0.2) is 9.97 Å². The van der Waals surface area contributed by atoms with Gasteiger partial charge in [-0.15, -0.1) is 0 Å². The van der Waals surface area contributed by atoms with Gasteiger partial charge in [0.05, 0.1) is 12.2 Å². The number of hydrogen-bond acceptors (Lipinski definition) is 5. The molecule has 5 heteroatoms. The van der Waals surface area contributed by atoms with Gasteiger partial charge in [-0.1, -0.05) is 0 Å². The lowest BCUT2D eigenvalue weighted by Crippen LogP contribution is -2.26. The molecule has 5 nitrogen and oxygen atoms in total. The number of anilines is 1. The van der Waals surface area contributed by atoms with Crippen LogP contribution in [0.25, 0.3) is 0 Å². The smallest absolute Gasteiger partial charge is 0.135 e. The van der Waals surface area contributed by atoms with Crippen LogP contribution in [0.15, 0.2) is 22.9 Å². The first-order chi connectivity index (χ1) is 10.7. The largest absolute Gasteiger partial charge is 0.465 e. The number of aryl methyl sites for hydroxylation is 1. The van der Waals surface area contributed by atoms with Crippen molar-refractivity contribution in [2.24, 2.45) is 0 Å². The van der Waals surface area contributed by atoms with Crippen molar-refractivity contribution in [2.45, 2.75) is 33.2 Å². The van der Waals surface area contributed by atoms with Gasteiger partial charge >= 0.3 is 0 Å². The van der Waals surface area contributed by atoms with Crippen LogP contribution in [0, 0.1) is 6.92 Å². The standard InChI is InChI=1S/C17H24N4O/c1-4-20(3)17-15-7-9-21(10-8-16(15)18-12-19-17)11-14-6-5-13(2)22-14/h5-6,12H,4,7-11H2,1-3H3. The van der Waals surface area contributed by atoms with Crippen molar-refractivity contribution >= 4 is 5.82 Å². The Balaban J connectivity index is 1.74. The van der Waals surface area contributed by atoms with E-state index in [1.165, 1.54) is 11.3 Å². The molecule has 118 valence electrons. The fourth-order valence-corrected chi connectivity index (χ4v) is 2.98. The van der Waals surface area contributed by atoms with E-state index in [4.69, 9.17) is 4.42 Å². The van der Waals surface area contributed by atoms with Gasteiger partial charge in [0.15, 0.2) is 0 Å². The number of nitrogens with zero attached hydrogens (tertiary/aromatic N) is 4. The zero-order valence-electron chi connectivity index (χ0n) is 13.7. The van der Waals surface area contributed by atoms with Gasteiger partial charge in [0.2, 0.25) is 0 Å². The van der Waals surface area contributed by atoms with Crippen molar-refractivity contribution in [1.82, 2.24) is 14.9 Å². The molecule has 0 unspecified atom stereocenters. The lowest BCUT2D eigenvalue weighted by molar-refractivity contribution is 0.253. The van der Waals surface area contributed by atoms with E-state index in [1.54, 1.807) is 6.33 Å². The van der Waals surface area contributed by atoms with Crippen LogP contribution in [-0.2, 0) is 19.4 Å². The van der Waals surface area contributed by atoms with Gasteiger partial charge in [0, 0.05) is 38.7 Å². The highest BCUT2D eigenvalue weighted by Gasteiger charge is 2.20. The van der Waals surface area contributed by atoms with Gasteiger partial charge in [-0.3, -0.25) is 4.90 Å². The zero-order chi connectivity index (χ0) is 15.5. The molecular formula is C17H24N4O. The fourth-order valence-electron chi connectivity index (χ4n) is 2.98. The summed E-state index contributed by atoms with van der Waals surface area (Å²) in [6.45, 7) is 8.00. The summed E-state index contributed by atoms with van der Waals surface area (Å²) in [4.78, 5) is 13.6. The average molecular weight is 300 g/mol. The van der Waals surface area contributed by atoms with Crippen LogP contribution in [0.3, 0.4) is 0 Å². The van der Waals surface area contributed by atoms with Crippen LogP contribution in [0.4, 0.5) is 5.82 Å². The second kappa shape index (κ2) is 6.48. The molecule has 0 fully saturated rings. The molecule has 0 radical (unpaired) electrons. The number of aromatic nitrogens is 2. The van der Waals surface area contributed by atoms with Crippen LogP contribution in [-0.4, -0.2) is 41.5 Å². The molecule has 2 aromatic rings. The first kappa shape index (κ1) is 15.0. The van der Waals surface area contributed by atoms with Gasteiger partial charge in [0.25, 0.3) is 0 Å².